The third kappa shape index (κ3) is 3.76. The zero-order chi connectivity index (χ0) is 18.0. The van der Waals surface area contributed by atoms with E-state index in [1.807, 2.05) is 4.68 Å². The molecular weight excluding hydrogens is 306 g/mol. The Morgan fingerprint density at radius 2 is 1.68 bits per heavy atom. The quantitative estimate of drug-likeness (QED) is 0.655. The maximum absolute atomic E-state index is 4.90. The van der Waals surface area contributed by atoms with Gasteiger partial charge in [0.15, 0.2) is 0 Å². The number of nitrogens with zero attached hydrogens (tertiary/aromatic N) is 2. The first-order valence-electron chi connectivity index (χ1n) is 8.91. The number of benzene rings is 2. The van der Waals surface area contributed by atoms with E-state index in [9.17, 15) is 0 Å². The van der Waals surface area contributed by atoms with Gasteiger partial charge in [-0.3, -0.25) is 0 Å². The molecule has 130 valence electrons. The standard InChI is InChI=1S/C22H27N3/c1-6-17-11-13-18(14-12-17)23-21-15-20(22(3,4)5)24-25(21)19-10-8-7-9-16(19)2/h7-15,23H,6H2,1-5H3. The van der Waals surface area contributed by atoms with Crippen molar-refractivity contribution in [3.63, 3.8) is 0 Å². The summed E-state index contributed by atoms with van der Waals surface area (Å²) in [4.78, 5) is 0. The molecule has 0 atom stereocenters. The molecule has 0 aliphatic carbocycles. The molecule has 3 aromatic rings. The highest BCUT2D eigenvalue weighted by Gasteiger charge is 2.21. The minimum absolute atomic E-state index is 0.00354. The zero-order valence-electron chi connectivity index (χ0n) is 15.8. The van der Waals surface area contributed by atoms with Crippen LogP contribution >= 0.6 is 0 Å². The molecule has 2 aromatic carbocycles. The summed E-state index contributed by atoms with van der Waals surface area (Å²) in [7, 11) is 0. The summed E-state index contributed by atoms with van der Waals surface area (Å²) in [6.07, 6.45) is 1.05. The van der Waals surface area contributed by atoms with E-state index in [0.29, 0.717) is 0 Å². The lowest BCUT2D eigenvalue weighted by atomic mass is 9.92. The largest absolute Gasteiger partial charge is 0.340 e. The molecule has 0 fully saturated rings. The first-order chi connectivity index (χ1) is 11.9. The molecule has 1 N–H and O–H groups in total. The Morgan fingerprint density at radius 3 is 2.28 bits per heavy atom. The van der Waals surface area contributed by atoms with Crippen molar-refractivity contribution in [2.24, 2.45) is 0 Å². The van der Waals surface area contributed by atoms with Crippen molar-refractivity contribution in [1.29, 1.82) is 0 Å². The monoisotopic (exact) mass is 333 g/mol. The molecule has 0 spiro atoms. The first-order valence-corrected chi connectivity index (χ1v) is 8.91. The second kappa shape index (κ2) is 6.75. The number of para-hydroxylation sites is 1. The number of nitrogens with one attached hydrogen (secondary N) is 1. The van der Waals surface area contributed by atoms with Crippen molar-refractivity contribution in [3.05, 3.63) is 71.4 Å². The highest BCUT2D eigenvalue weighted by atomic mass is 15.3. The minimum Gasteiger partial charge on any atom is -0.340 e. The maximum Gasteiger partial charge on any atom is 0.134 e. The second-order valence-corrected chi connectivity index (χ2v) is 7.54. The van der Waals surface area contributed by atoms with Crippen LogP contribution in [0, 0.1) is 6.92 Å². The van der Waals surface area contributed by atoms with Gasteiger partial charge in [0.05, 0.1) is 11.4 Å². The Labute approximate surface area is 150 Å². The summed E-state index contributed by atoms with van der Waals surface area (Å²) in [6.45, 7) is 10.9. The Kier molecular flexibility index (Phi) is 4.67. The van der Waals surface area contributed by atoms with Crippen molar-refractivity contribution in [1.82, 2.24) is 9.78 Å². The van der Waals surface area contributed by atoms with Gasteiger partial charge < -0.3 is 5.32 Å². The minimum atomic E-state index is -0.00354. The molecule has 25 heavy (non-hydrogen) atoms. The average Bonchev–Trinajstić information content (AvgIpc) is 3.00. The molecule has 0 unspecified atom stereocenters. The number of hydrogen-bond donors (Lipinski definition) is 1. The van der Waals surface area contributed by atoms with Gasteiger partial charge in [0.2, 0.25) is 0 Å². The van der Waals surface area contributed by atoms with Gasteiger partial charge in [-0.05, 0) is 42.7 Å². The molecule has 0 saturated carbocycles. The normalized spacial score (nSPS) is 11.6. The van der Waals surface area contributed by atoms with Crippen LogP contribution in [-0.4, -0.2) is 9.78 Å². The lowest BCUT2D eigenvalue weighted by Crippen LogP contribution is -2.12. The zero-order valence-corrected chi connectivity index (χ0v) is 15.8. The molecular formula is C22H27N3. The van der Waals surface area contributed by atoms with Gasteiger partial charge >= 0.3 is 0 Å². The van der Waals surface area contributed by atoms with Crippen LogP contribution in [-0.2, 0) is 11.8 Å². The molecule has 0 aliphatic heterocycles. The SMILES string of the molecule is CCc1ccc(Nc2cc(C(C)(C)C)nn2-c2ccccc2C)cc1. The van der Waals surface area contributed by atoms with Gasteiger partial charge in [0.25, 0.3) is 0 Å². The van der Waals surface area contributed by atoms with Crippen LogP contribution in [0.5, 0.6) is 0 Å². The van der Waals surface area contributed by atoms with Crippen LogP contribution in [0.4, 0.5) is 11.5 Å². The van der Waals surface area contributed by atoms with E-state index < -0.39 is 0 Å². The third-order valence-corrected chi connectivity index (χ3v) is 4.46. The van der Waals surface area contributed by atoms with Crippen molar-refractivity contribution >= 4 is 11.5 Å². The van der Waals surface area contributed by atoms with Gasteiger partial charge in [-0.1, -0.05) is 58.0 Å². The van der Waals surface area contributed by atoms with Crippen LogP contribution in [0.1, 0.15) is 44.5 Å². The number of anilines is 2. The fourth-order valence-electron chi connectivity index (χ4n) is 2.79. The molecule has 0 radical (unpaired) electrons. The predicted octanol–water partition coefficient (Wildman–Crippen LogP) is 5.78. The van der Waals surface area contributed by atoms with Crippen LogP contribution in [0.3, 0.4) is 0 Å². The molecule has 0 amide bonds. The summed E-state index contributed by atoms with van der Waals surface area (Å²) < 4.78 is 2.02. The lowest BCUT2D eigenvalue weighted by molar-refractivity contribution is 0.560. The lowest BCUT2D eigenvalue weighted by Gasteiger charge is -2.14. The van der Waals surface area contributed by atoms with Crippen LogP contribution in [0.25, 0.3) is 5.69 Å². The van der Waals surface area contributed by atoms with Crippen molar-refractivity contribution in [3.8, 4) is 5.69 Å². The number of rotatable bonds is 4. The first kappa shape index (κ1) is 17.3. The van der Waals surface area contributed by atoms with E-state index in [1.54, 1.807) is 0 Å². The predicted molar refractivity (Wildman–Crippen MR) is 106 cm³/mol. The fourth-order valence-corrected chi connectivity index (χ4v) is 2.79. The molecule has 1 heterocycles. The number of aromatic nitrogens is 2. The molecule has 1 aromatic heterocycles. The highest BCUT2D eigenvalue weighted by Crippen LogP contribution is 2.29. The van der Waals surface area contributed by atoms with Crippen molar-refractivity contribution < 1.29 is 0 Å². The van der Waals surface area contributed by atoms with E-state index >= 15 is 0 Å². The van der Waals surface area contributed by atoms with Gasteiger partial charge in [-0.2, -0.15) is 5.10 Å². The van der Waals surface area contributed by atoms with Crippen molar-refractivity contribution in [2.45, 2.75) is 46.5 Å². The molecule has 0 saturated heterocycles. The Morgan fingerprint density at radius 1 is 1.00 bits per heavy atom. The van der Waals surface area contributed by atoms with Crippen LogP contribution in [0.2, 0.25) is 0 Å². The molecule has 0 aliphatic rings. The topological polar surface area (TPSA) is 29.9 Å². The number of hydrogen-bond acceptors (Lipinski definition) is 2. The second-order valence-electron chi connectivity index (χ2n) is 7.54. The summed E-state index contributed by atoms with van der Waals surface area (Å²) in [5.41, 5.74) is 5.79. The summed E-state index contributed by atoms with van der Waals surface area (Å²) in [5.74, 6) is 0.989. The average molecular weight is 333 g/mol. The van der Waals surface area contributed by atoms with E-state index in [1.165, 1.54) is 11.1 Å². The molecule has 3 rings (SSSR count). The summed E-state index contributed by atoms with van der Waals surface area (Å²) in [6, 6.07) is 19.1. The van der Waals surface area contributed by atoms with Crippen molar-refractivity contribution in [2.75, 3.05) is 5.32 Å². The van der Waals surface area contributed by atoms with Gasteiger partial charge in [0, 0.05) is 17.2 Å². The molecule has 0 bridgehead atoms. The highest BCUT2D eigenvalue weighted by molar-refractivity contribution is 5.60. The van der Waals surface area contributed by atoms with E-state index in [4.69, 9.17) is 5.10 Å². The maximum atomic E-state index is 4.90. The Bertz CT molecular complexity index is 852. The van der Waals surface area contributed by atoms with E-state index in [0.717, 1.165) is 29.3 Å². The molecule has 3 nitrogen and oxygen atoms in total. The van der Waals surface area contributed by atoms with Crippen LogP contribution in [0.15, 0.2) is 54.6 Å². The molecule has 3 heteroatoms. The fraction of sp³-hybridized carbons (Fsp3) is 0.318. The summed E-state index contributed by atoms with van der Waals surface area (Å²) in [5, 5.41) is 8.44. The van der Waals surface area contributed by atoms with Gasteiger partial charge in [-0.15, -0.1) is 0 Å². The summed E-state index contributed by atoms with van der Waals surface area (Å²) >= 11 is 0. The van der Waals surface area contributed by atoms with Gasteiger partial charge in [0.1, 0.15) is 5.82 Å². The smallest absolute Gasteiger partial charge is 0.134 e. The van der Waals surface area contributed by atoms with Gasteiger partial charge in [-0.25, -0.2) is 4.68 Å². The van der Waals surface area contributed by atoms with E-state index in [-0.39, 0.29) is 5.41 Å². The Balaban J connectivity index is 2.04. The van der Waals surface area contributed by atoms with E-state index in [2.05, 4.69) is 94.5 Å². The Hall–Kier alpha value is -2.55. The third-order valence-electron chi connectivity index (χ3n) is 4.46. The van der Waals surface area contributed by atoms with Crippen LogP contribution < -0.4 is 5.32 Å². The number of aryl methyl sites for hydroxylation is 2.